The molecule has 0 saturated carbocycles. The lowest BCUT2D eigenvalue weighted by Gasteiger charge is -2.36. The summed E-state index contributed by atoms with van der Waals surface area (Å²) in [5.74, 6) is 0.180. The van der Waals surface area contributed by atoms with Gasteiger partial charge in [-0.3, -0.25) is 9.59 Å². The zero-order valence-electron chi connectivity index (χ0n) is 20.2. The SMILES string of the molecule is CC(=O)c1ccc(NC(=O)Cn2nc3c(N4CCN(c5ccc(C)cc5)CC4)nccn3c2=O)cc1. The van der Waals surface area contributed by atoms with Gasteiger partial charge in [-0.2, -0.15) is 0 Å². The van der Waals surface area contributed by atoms with Crippen molar-refractivity contribution in [3.05, 3.63) is 82.5 Å². The number of benzene rings is 2. The molecule has 36 heavy (non-hydrogen) atoms. The molecule has 0 radical (unpaired) electrons. The number of hydrogen-bond acceptors (Lipinski definition) is 7. The first-order valence-electron chi connectivity index (χ1n) is 11.8. The van der Waals surface area contributed by atoms with Crippen LogP contribution in [-0.2, 0) is 11.3 Å². The van der Waals surface area contributed by atoms with Crippen LogP contribution in [0.3, 0.4) is 0 Å². The number of aryl methyl sites for hydroxylation is 1. The highest BCUT2D eigenvalue weighted by molar-refractivity contribution is 5.95. The van der Waals surface area contributed by atoms with E-state index >= 15 is 0 Å². The topological polar surface area (TPSA) is 105 Å². The van der Waals surface area contributed by atoms with Crippen LogP contribution in [0.4, 0.5) is 17.2 Å². The van der Waals surface area contributed by atoms with Crippen molar-refractivity contribution in [2.75, 3.05) is 41.3 Å². The van der Waals surface area contributed by atoms with E-state index in [0.717, 1.165) is 30.9 Å². The molecule has 1 aliphatic heterocycles. The first-order chi connectivity index (χ1) is 17.4. The van der Waals surface area contributed by atoms with Crippen LogP contribution in [0.15, 0.2) is 65.7 Å². The van der Waals surface area contributed by atoms with Gasteiger partial charge >= 0.3 is 5.69 Å². The number of carbonyl (C=O) groups excluding carboxylic acids is 2. The highest BCUT2D eigenvalue weighted by atomic mass is 16.2. The van der Waals surface area contributed by atoms with Gasteiger partial charge in [0.2, 0.25) is 11.6 Å². The van der Waals surface area contributed by atoms with E-state index in [4.69, 9.17) is 0 Å². The molecule has 5 rings (SSSR count). The summed E-state index contributed by atoms with van der Waals surface area (Å²) < 4.78 is 2.56. The number of nitrogens with one attached hydrogen (secondary N) is 1. The fraction of sp³-hybridized carbons (Fsp3) is 0.269. The predicted molar refractivity (Wildman–Crippen MR) is 138 cm³/mol. The second kappa shape index (κ2) is 9.65. The highest BCUT2D eigenvalue weighted by Gasteiger charge is 2.23. The van der Waals surface area contributed by atoms with Gasteiger partial charge in [0.15, 0.2) is 11.6 Å². The van der Waals surface area contributed by atoms with Gasteiger partial charge in [-0.1, -0.05) is 17.7 Å². The fourth-order valence-electron chi connectivity index (χ4n) is 4.32. The Hall–Kier alpha value is -4.47. The number of carbonyl (C=O) groups is 2. The molecule has 2 aromatic carbocycles. The number of nitrogens with zero attached hydrogens (tertiary/aromatic N) is 6. The van der Waals surface area contributed by atoms with E-state index in [1.165, 1.54) is 22.6 Å². The Kier molecular flexibility index (Phi) is 6.24. The van der Waals surface area contributed by atoms with Crippen molar-refractivity contribution < 1.29 is 9.59 Å². The highest BCUT2D eigenvalue weighted by Crippen LogP contribution is 2.21. The molecule has 10 heteroatoms. The molecular weight excluding hydrogens is 458 g/mol. The number of Topliss-reactive ketones (excluding diaryl/α,β-unsaturated/α-hetero) is 1. The molecule has 0 spiro atoms. The maximum atomic E-state index is 12.9. The minimum atomic E-state index is -0.408. The zero-order chi connectivity index (χ0) is 25.2. The van der Waals surface area contributed by atoms with E-state index in [1.807, 2.05) is 0 Å². The summed E-state index contributed by atoms with van der Waals surface area (Å²) in [6.45, 7) is 6.43. The van der Waals surface area contributed by atoms with E-state index in [9.17, 15) is 14.4 Å². The lowest BCUT2D eigenvalue weighted by atomic mass is 10.1. The molecule has 0 aliphatic carbocycles. The molecule has 1 saturated heterocycles. The van der Waals surface area contributed by atoms with E-state index in [1.54, 1.807) is 36.7 Å². The quantitative estimate of drug-likeness (QED) is 0.418. The number of ketones is 1. The third-order valence-corrected chi connectivity index (χ3v) is 6.33. The summed E-state index contributed by atoms with van der Waals surface area (Å²) in [5, 5.41) is 7.18. The number of aromatic nitrogens is 4. The molecule has 10 nitrogen and oxygen atoms in total. The van der Waals surface area contributed by atoms with Gasteiger partial charge in [0.25, 0.3) is 0 Å². The van der Waals surface area contributed by atoms with Crippen LogP contribution in [0.1, 0.15) is 22.8 Å². The van der Waals surface area contributed by atoms with Crippen molar-refractivity contribution in [3.63, 3.8) is 0 Å². The van der Waals surface area contributed by atoms with Gasteiger partial charge in [-0.25, -0.2) is 18.9 Å². The Balaban J connectivity index is 1.30. The largest absolute Gasteiger partial charge is 0.368 e. The summed E-state index contributed by atoms with van der Waals surface area (Å²) >= 11 is 0. The van der Waals surface area contributed by atoms with Crippen LogP contribution >= 0.6 is 0 Å². The van der Waals surface area contributed by atoms with Gasteiger partial charge in [0.1, 0.15) is 6.54 Å². The minimum Gasteiger partial charge on any atom is -0.368 e. The smallest absolute Gasteiger partial charge is 0.350 e. The molecule has 1 fully saturated rings. The van der Waals surface area contributed by atoms with Crippen molar-refractivity contribution in [1.29, 1.82) is 0 Å². The van der Waals surface area contributed by atoms with E-state index in [2.05, 4.69) is 56.4 Å². The monoisotopic (exact) mass is 485 g/mol. The number of piperazine rings is 1. The number of amides is 1. The van der Waals surface area contributed by atoms with Gasteiger partial charge in [0.05, 0.1) is 0 Å². The molecule has 0 unspecified atom stereocenters. The van der Waals surface area contributed by atoms with Crippen molar-refractivity contribution in [1.82, 2.24) is 19.2 Å². The van der Waals surface area contributed by atoms with Crippen molar-refractivity contribution in [2.24, 2.45) is 0 Å². The molecule has 1 aliphatic rings. The summed E-state index contributed by atoms with van der Waals surface area (Å²) in [6, 6.07) is 15.1. The summed E-state index contributed by atoms with van der Waals surface area (Å²) in [6.07, 6.45) is 3.14. The third-order valence-electron chi connectivity index (χ3n) is 6.33. The van der Waals surface area contributed by atoms with Crippen molar-refractivity contribution in [2.45, 2.75) is 20.4 Å². The minimum absolute atomic E-state index is 0.0508. The molecule has 4 aromatic rings. The average molecular weight is 486 g/mol. The number of hydrogen-bond donors (Lipinski definition) is 1. The van der Waals surface area contributed by atoms with Gasteiger partial charge in [-0.05, 0) is 50.2 Å². The first kappa shape index (κ1) is 23.3. The second-order valence-electron chi connectivity index (χ2n) is 8.88. The second-order valence-corrected chi connectivity index (χ2v) is 8.88. The standard InChI is InChI=1S/C26H27N7O3/c1-18-3-9-22(10-4-18)30-13-15-31(16-14-30)24-25-29-33(26(36)32(25)12-11-27-24)17-23(35)28-21-7-5-20(6-8-21)19(2)34/h3-12H,13-17H2,1-2H3,(H,28,35). The van der Waals surface area contributed by atoms with Gasteiger partial charge < -0.3 is 15.1 Å². The lowest BCUT2D eigenvalue weighted by Crippen LogP contribution is -2.47. The lowest BCUT2D eigenvalue weighted by molar-refractivity contribution is -0.117. The van der Waals surface area contributed by atoms with Gasteiger partial charge in [0, 0.05) is 55.5 Å². The van der Waals surface area contributed by atoms with Crippen LogP contribution in [0, 0.1) is 6.92 Å². The first-order valence-corrected chi connectivity index (χ1v) is 11.8. The maximum Gasteiger partial charge on any atom is 0.350 e. The molecule has 1 amide bonds. The van der Waals surface area contributed by atoms with Crippen LogP contribution in [-0.4, -0.2) is 57.0 Å². The summed E-state index contributed by atoms with van der Waals surface area (Å²) in [4.78, 5) is 45.9. The normalized spacial score (nSPS) is 13.7. The zero-order valence-corrected chi connectivity index (χ0v) is 20.2. The van der Waals surface area contributed by atoms with Crippen molar-refractivity contribution >= 4 is 34.5 Å². The Bertz CT molecular complexity index is 1460. The van der Waals surface area contributed by atoms with Crippen LogP contribution in [0.2, 0.25) is 0 Å². The predicted octanol–water partition coefficient (Wildman–Crippen LogP) is 2.37. The number of rotatable bonds is 6. The fourth-order valence-corrected chi connectivity index (χ4v) is 4.32. The van der Waals surface area contributed by atoms with Crippen LogP contribution in [0.5, 0.6) is 0 Å². The average Bonchev–Trinajstić information content (AvgIpc) is 3.20. The number of fused-ring (bicyclic) bond motifs is 1. The molecule has 0 bridgehead atoms. The van der Waals surface area contributed by atoms with E-state index in [0.29, 0.717) is 22.7 Å². The number of anilines is 3. The van der Waals surface area contributed by atoms with Crippen LogP contribution in [0.25, 0.3) is 5.65 Å². The summed E-state index contributed by atoms with van der Waals surface area (Å²) in [5.41, 5.74) is 3.53. The van der Waals surface area contributed by atoms with Crippen molar-refractivity contribution in [3.8, 4) is 0 Å². The molecule has 1 N–H and O–H groups in total. The molecule has 2 aromatic heterocycles. The maximum absolute atomic E-state index is 12.9. The van der Waals surface area contributed by atoms with E-state index < -0.39 is 11.6 Å². The van der Waals surface area contributed by atoms with E-state index in [-0.39, 0.29) is 12.3 Å². The Labute approximate surface area is 207 Å². The van der Waals surface area contributed by atoms with Crippen LogP contribution < -0.4 is 20.8 Å². The Morgan fingerprint density at radius 1 is 0.944 bits per heavy atom. The summed E-state index contributed by atoms with van der Waals surface area (Å²) in [7, 11) is 0. The molecular formula is C26H27N7O3. The molecule has 0 atom stereocenters. The third kappa shape index (κ3) is 4.70. The Morgan fingerprint density at radius 3 is 2.28 bits per heavy atom. The molecule has 3 heterocycles. The Morgan fingerprint density at radius 2 is 1.61 bits per heavy atom. The van der Waals surface area contributed by atoms with Gasteiger partial charge in [-0.15, -0.1) is 5.10 Å². The molecule has 184 valence electrons.